The maximum Gasteiger partial charge on any atom is 0.130 e. The van der Waals surface area contributed by atoms with Crippen molar-refractivity contribution in [3.05, 3.63) is 30.0 Å². The van der Waals surface area contributed by atoms with Crippen molar-refractivity contribution in [2.24, 2.45) is 5.92 Å². The van der Waals surface area contributed by atoms with Crippen molar-refractivity contribution < 1.29 is 9.47 Å². The number of ether oxygens (including phenoxy) is 2. The summed E-state index contributed by atoms with van der Waals surface area (Å²) in [5, 5.41) is 0. The molecule has 3 aliphatic rings. The Morgan fingerprint density at radius 1 is 1.11 bits per heavy atom. The number of fused-ring (bicyclic) bond motifs is 2. The minimum absolute atomic E-state index is 0.692. The van der Waals surface area contributed by atoms with Gasteiger partial charge in [0.05, 0.1) is 14.2 Å². The molecule has 0 atom stereocenters. The van der Waals surface area contributed by atoms with E-state index in [4.69, 9.17) is 9.47 Å². The summed E-state index contributed by atoms with van der Waals surface area (Å²) in [5.74, 6) is 2.45. The van der Waals surface area contributed by atoms with E-state index in [-0.39, 0.29) is 0 Å². The van der Waals surface area contributed by atoms with Crippen LogP contribution in [0.15, 0.2) is 24.4 Å². The lowest BCUT2D eigenvalue weighted by molar-refractivity contribution is 0.252. The van der Waals surface area contributed by atoms with Crippen LogP contribution in [-0.2, 0) is 0 Å². The van der Waals surface area contributed by atoms with Crippen molar-refractivity contribution in [1.29, 1.82) is 0 Å². The Kier molecular flexibility index (Phi) is 2.90. The van der Waals surface area contributed by atoms with E-state index in [2.05, 4.69) is 17.2 Å². The van der Waals surface area contributed by atoms with Crippen molar-refractivity contribution in [2.75, 3.05) is 27.3 Å². The fourth-order valence-corrected chi connectivity index (χ4v) is 2.97. The zero-order valence-electron chi connectivity index (χ0n) is 11.0. The van der Waals surface area contributed by atoms with Crippen LogP contribution in [0.2, 0.25) is 0 Å². The number of nitrogens with zero attached hydrogens (tertiary/aromatic N) is 1. The van der Waals surface area contributed by atoms with Crippen molar-refractivity contribution in [3.8, 4) is 11.5 Å². The highest BCUT2D eigenvalue weighted by Gasteiger charge is 2.29. The van der Waals surface area contributed by atoms with Gasteiger partial charge >= 0.3 is 0 Å². The van der Waals surface area contributed by atoms with E-state index in [1.165, 1.54) is 37.1 Å². The number of hydrogen-bond donors (Lipinski definition) is 0. The number of piperidine rings is 1. The van der Waals surface area contributed by atoms with Crippen LogP contribution in [0, 0.1) is 5.92 Å². The van der Waals surface area contributed by atoms with E-state index in [1.54, 1.807) is 14.2 Å². The van der Waals surface area contributed by atoms with Crippen LogP contribution in [0.4, 0.5) is 0 Å². The van der Waals surface area contributed by atoms with E-state index >= 15 is 0 Å². The Bertz CT molecular complexity index is 473. The van der Waals surface area contributed by atoms with Gasteiger partial charge in [-0.2, -0.15) is 0 Å². The molecule has 0 amide bonds. The van der Waals surface area contributed by atoms with Gasteiger partial charge < -0.3 is 14.4 Å². The van der Waals surface area contributed by atoms with E-state index in [9.17, 15) is 0 Å². The quantitative estimate of drug-likeness (QED) is 0.817. The SMILES string of the molecule is COc1ccc(C2=CN3CCC2CC3)c(OC)c1. The third-order valence-electron chi connectivity index (χ3n) is 4.01. The molecule has 4 rings (SSSR count). The van der Waals surface area contributed by atoms with Gasteiger partial charge in [0.15, 0.2) is 0 Å². The Morgan fingerprint density at radius 2 is 1.89 bits per heavy atom. The molecule has 3 nitrogen and oxygen atoms in total. The molecule has 1 fully saturated rings. The van der Waals surface area contributed by atoms with Crippen LogP contribution in [0.1, 0.15) is 18.4 Å². The summed E-state index contributed by atoms with van der Waals surface area (Å²) < 4.78 is 10.8. The Morgan fingerprint density at radius 3 is 2.44 bits per heavy atom. The molecular formula is C15H19NO2. The van der Waals surface area contributed by atoms with Crippen LogP contribution in [0.25, 0.3) is 5.57 Å². The minimum atomic E-state index is 0.692. The standard InChI is InChI=1S/C15H19NO2/c1-17-12-3-4-13(15(9-12)18-2)14-10-16-7-5-11(14)6-8-16/h3-4,9-11H,5-8H2,1-2H3. The normalized spacial score (nSPS) is 18.8. The second kappa shape index (κ2) is 4.56. The third kappa shape index (κ3) is 1.84. The van der Waals surface area contributed by atoms with Crippen LogP contribution in [0.5, 0.6) is 11.5 Å². The second-order valence-corrected chi connectivity index (χ2v) is 4.96. The van der Waals surface area contributed by atoms with Gasteiger partial charge in [0.25, 0.3) is 0 Å². The molecule has 96 valence electrons. The van der Waals surface area contributed by atoms with Gasteiger partial charge in [-0.15, -0.1) is 0 Å². The lowest BCUT2D eigenvalue weighted by atomic mass is 9.82. The van der Waals surface area contributed by atoms with E-state index in [0.717, 1.165) is 11.5 Å². The summed E-state index contributed by atoms with van der Waals surface area (Å²) in [6.45, 7) is 2.40. The van der Waals surface area contributed by atoms with Crippen LogP contribution < -0.4 is 9.47 Å². The molecule has 3 aliphatic heterocycles. The van der Waals surface area contributed by atoms with Crippen LogP contribution >= 0.6 is 0 Å². The van der Waals surface area contributed by atoms with Gasteiger partial charge in [0, 0.05) is 30.9 Å². The zero-order chi connectivity index (χ0) is 12.5. The molecule has 18 heavy (non-hydrogen) atoms. The van der Waals surface area contributed by atoms with Crippen molar-refractivity contribution >= 4 is 5.57 Å². The summed E-state index contributed by atoms with van der Waals surface area (Å²) in [5.41, 5.74) is 2.64. The van der Waals surface area contributed by atoms with E-state index < -0.39 is 0 Å². The molecule has 0 saturated carbocycles. The molecule has 2 bridgehead atoms. The summed E-state index contributed by atoms with van der Waals surface area (Å²) in [7, 11) is 3.40. The molecule has 0 aliphatic carbocycles. The molecule has 1 aromatic rings. The highest BCUT2D eigenvalue weighted by Crippen LogP contribution is 2.41. The van der Waals surface area contributed by atoms with Gasteiger partial charge in [-0.1, -0.05) is 0 Å². The number of hydrogen-bond acceptors (Lipinski definition) is 3. The molecule has 0 N–H and O–H groups in total. The molecule has 0 spiro atoms. The summed E-state index contributed by atoms with van der Waals surface area (Å²) in [4.78, 5) is 2.42. The van der Waals surface area contributed by atoms with Gasteiger partial charge in [-0.3, -0.25) is 0 Å². The molecule has 0 unspecified atom stereocenters. The van der Waals surface area contributed by atoms with Gasteiger partial charge in [-0.25, -0.2) is 0 Å². The van der Waals surface area contributed by atoms with Crippen LogP contribution in [0.3, 0.4) is 0 Å². The maximum atomic E-state index is 5.51. The highest BCUT2D eigenvalue weighted by atomic mass is 16.5. The molecule has 3 heterocycles. The first-order valence-electron chi connectivity index (χ1n) is 6.50. The number of benzene rings is 1. The number of methoxy groups -OCH3 is 2. The number of rotatable bonds is 3. The smallest absolute Gasteiger partial charge is 0.130 e. The number of allylic oxidation sites excluding steroid dienone is 1. The summed E-state index contributed by atoms with van der Waals surface area (Å²) in [6, 6.07) is 6.09. The molecule has 1 aromatic carbocycles. The fraction of sp³-hybridized carbons (Fsp3) is 0.467. The van der Waals surface area contributed by atoms with Crippen molar-refractivity contribution in [2.45, 2.75) is 12.8 Å². The largest absolute Gasteiger partial charge is 0.497 e. The lowest BCUT2D eigenvalue weighted by Crippen LogP contribution is -2.35. The van der Waals surface area contributed by atoms with Gasteiger partial charge in [0.1, 0.15) is 11.5 Å². The molecule has 1 saturated heterocycles. The predicted molar refractivity (Wildman–Crippen MR) is 71.8 cm³/mol. The average Bonchev–Trinajstić information content (AvgIpc) is 2.47. The van der Waals surface area contributed by atoms with Crippen molar-refractivity contribution in [3.63, 3.8) is 0 Å². The minimum Gasteiger partial charge on any atom is -0.497 e. The van der Waals surface area contributed by atoms with Gasteiger partial charge in [-0.05, 0) is 36.5 Å². The van der Waals surface area contributed by atoms with Crippen LogP contribution in [-0.4, -0.2) is 32.2 Å². The highest BCUT2D eigenvalue weighted by molar-refractivity contribution is 5.73. The second-order valence-electron chi connectivity index (χ2n) is 4.96. The Hall–Kier alpha value is -1.64. The van der Waals surface area contributed by atoms with Crippen molar-refractivity contribution in [1.82, 2.24) is 4.90 Å². The van der Waals surface area contributed by atoms with E-state index in [0.29, 0.717) is 5.92 Å². The Labute approximate surface area is 108 Å². The lowest BCUT2D eigenvalue weighted by Gasteiger charge is -2.39. The molecule has 3 heteroatoms. The monoisotopic (exact) mass is 245 g/mol. The first kappa shape index (κ1) is 11.5. The maximum absolute atomic E-state index is 5.51. The molecule has 0 radical (unpaired) electrons. The summed E-state index contributed by atoms with van der Waals surface area (Å²) >= 11 is 0. The first-order valence-corrected chi connectivity index (χ1v) is 6.50. The molecule has 0 aromatic heterocycles. The predicted octanol–water partition coefficient (Wildman–Crippen LogP) is 2.77. The third-order valence-corrected chi connectivity index (χ3v) is 4.01. The Balaban J connectivity index is 2.01. The topological polar surface area (TPSA) is 21.7 Å². The average molecular weight is 245 g/mol. The summed E-state index contributed by atoms with van der Waals surface area (Å²) in [6.07, 6.45) is 4.84. The van der Waals surface area contributed by atoms with E-state index in [1.807, 2.05) is 12.1 Å². The first-order chi connectivity index (χ1) is 8.81. The van der Waals surface area contributed by atoms with Gasteiger partial charge in [0.2, 0.25) is 0 Å². The zero-order valence-corrected chi connectivity index (χ0v) is 11.0. The molecular weight excluding hydrogens is 226 g/mol. The fourth-order valence-electron chi connectivity index (χ4n) is 2.97.